The van der Waals surface area contributed by atoms with Crippen LogP contribution >= 0.6 is 15.9 Å². The van der Waals surface area contributed by atoms with Crippen molar-refractivity contribution in [2.24, 2.45) is 17.8 Å². The van der Waals surface area contributed by atoms with Gasteiger partial charge in [0.05, 0.1) is 25.2 Å². The number of nitrogens with zero attached hydrogens (tertiary/aromatic N) is 2. The molecule has 4 saturated carbocycles. The normalized spacial score (nSPS) is 26.4. The number of aromatic nitrogens is 1. The molecule has 1 unspecified atom stereocenters. The Morgan fingerprint density at radius 3 is 2.39 bits per heavy atom. The van der Waals surface area contributed by atoms with Crippen LogP contribution in [-0.2, 0) is 4.79 Å². The lowest BCUT2D eigenvalue weighted by Gasteiger charge is -2.62. The van der Waals surface area contributed by atoms with Gasteiger partial charge in [-0.3, -0.25) is 4.79 Å². The Morgan fingerprint density at radius 2 is 1.76 bits per heavy atom. The first kappa shape index (κ1) is 25.8. The molecule has 1 atom stereocenters. The average molecular weight is 577 g/mol. The van der Waals surface area contributed by atoms with E-state index < -0.39 is 0 Å². The van der Waals surface area contributed by atoms with Crippen molar-refractivity contribution < 1.29 is 9.53 Å². The lowest BCUT2D eigenvalue weighted by Crippen LogP contribution is -2.63. The third kappa shape index (κ3) is 4.75. The third-order valence-corrected chi connectivity index (χ3v) is 9.61. The van der Waals surface area contributed by atoms with Crippen molar-refractivity contribution >= 4 is 32.7 Å². The first-order valence-corrected chi connectivity index (χ1v) is 15.0. The molecule has 1 heterocycles. The van der Waals surface area contributed by atoms with E-state index in [0.29, 0.717) is 12.4 Å². The number of rotatable bonds is 9. The summed E-state index contributed by atoms with van der Waals surface area (Å²) >= 11 is 3.64. The zero-order valence-corrected chi connectivity index (χ0v) is 24.0. The first-order chi connectivity index (χ1) is 18.5. The smallest absolute Gasteiger partial charge is 0.237 e. The highest BCUT2D eigenvalue weighted by Crippen LogP contribution is 2.59. The van der Waals surface area contributed by atoms with Gasteiger partial charge >= 0.3 is 0 Å². The summed E-state index contributed by atoms with van der Waals surface area (Å²) in [6, 6.07) is 18.6. The topological polar surface area (TPSA) is 54.5 Å². The van der Waals surface area contributed by atoms with Crippen LogP contribution in [0.2, 0.25) is 0 Å². The van der Waals surface area contributed by atoms with E-state index in [-0.39, 0.29) is 17.5 Å². The molecule has 6 heteroatoms. The fraction of sp³-hybridized carbons (Fsp3) is 0.500. The van der Waals surface area contributed by atoms with Crippen LogP contribution in [-0.4, -0.2) is 41.5 Å². The number of carbonyl (C=O) groups excluding carboxylic acids is 1. The standard InChI is InChI=1S/C32H38BrN3O2/c1-3-11-34-20-29(37)36(32-17-21-12-22(18-32)14-23(13-21)19-32)30(24-7-5-4-6-8-24)27-16-25-15-26(33)9-10-28(25)35-31(27)38-2/h4-10,15-16,21-23,30,34H,3,11-14,17-20H2,1-2H3. The van der Waals surface area contributed by atoms with E-state index in [0.717, 1.165) is 76.5 Å². The van der Waals surface area contributed by atoms with Crippen LogP contribution in [0.3, 0.4) is 0 Å². The van der Waals surface area contributed by atoms with Crippen molar-refractivity contribution in [1.82, 2.24) is 15.2 Å². The van der Waals surface area contributed by atoms with Crippen LogP contribution in [0.1, 0.15) is 69.0 Å². The molecule has 1 N–H and O–H groups in total. The minimum absolute atomic E-state index is 0.128. The molecule has 1 aromatic heterocycles. The molecule has 38 heavy (non-hydrogen) atoms. The van der Waals surface area contributed by atoms with Gasteiger partial charge in [0.25, 0.3) is 0 Å². The molecule has 7 rings (SSSR count). The summed E-state index contributed by atoms with van der Waals surface area (Å²) in [5.74, 6) is 2.96. The number of methoxy groups -OCH3 is 1. The number of nitrogens with one attached hydrogen (secondary N) is 1. The number of benzene rings is 2. The largest absolute Gasteiger partial charge is 0.481 e. The number of hydrogen-bond acceptors (Lipinski definition) is 4. The third-order valence-electron chi connectivity index (χ3n) is 9.12. The summed E-state index contributed by atoms with van der Waals surface area (Å²) in [5.41, 5.74) is 2.83. The highest BCUT2D eigenvalue weighted by Gasteiger charge is 2.56. The lowest BCUT2D eigenvalue weighted by atomic mass is 9.52. The predicted molar refractivity (Wildman–Crippen MR) is 155 cm³/mol. The molecule has 3 aromatic rings. The van der Waals surface area contributed by atoms with Crippen LogP contribution in [0.25, 0.3) is 10.9 Å². The Bertz CT molecular complexity index is 1280. The maximum absolute atomic E-state index is 14.4. The van der Waals surface area contributed by atoms with Crippen LogP contribution in [0, 0.1) is 17.8 Å². The lowest BCUT2D eigenvalue weighted by molar-refractivity contribution is -0.154. The Balaban J connectivity index is 1.54. The summed E-state index contributed by atoms with van der Waals surface area (Å²) in [4.78, 5) is 21.7. The monoisotopic (exact) mass is 575 g/mol. The van der Waals surface area contributed by atoms with E-state index in [1.165, 1.54) is 19.3 Å². The van der Waals surface area contributed by atoms with Crippen LogP contribution < -0.4 is 10.1 Å². The minimum Gasteiger partial charge on any atom is -0.481 e. The average Bonchev–Trinajstić information content (AvgIpc) is 2.90. The Hall–Kier alpha value is -2.44. The van der Waals surface area contributed by atoms with Gasteiger partial charge in [-0.25, -0.2) is 4.98 Å². The van der Waals surface area contributed by atoms with E-state index >= 15 is 0 Å². The maximum atomic E-state index is 14.4. The number of fused-ring (bicyclic) bond motifs is 1. The highest BCUT2D eigenvalue weighted by molar-refractivity contribution is 9.10. The molecule has 2 aromatic carbocycles. The Kier molecular flexibility index (Phi) is 7.21. The van der Waals surface area contributed by atoms with Crippen molar-refractivity contribution in [3.8, 4) is 5.88 Å². The fourth-order valence-electron chi connectivity index (χ4n) is 8.11. The molecular weight excluding hydrogens is 538 g/mol. The SMILES string of the molecule is CCCNCC(=O)N(C(c1ccccc1)c1cc2cc(Br)ccc2nc1OC)C12CC3CC(CC(C3)C1)C2. The number of hydrogen-bond donors (Lipinski definition) is 1. The quantitative estimate of drug-likeness (QED) is 0.282. The molecule has 4 bridgehead atoms. The second-order valence-corrected chi connectivity index (χ2v) is 12.7. The molecule has 0 saturated heterocycles. The van der Waals surface area contributed by atoms with E-state index in [9.17, 15) is 4.79 Å². The highest BCUT2D eigenvalue weighted by atomic mass is 79.9. The molecular formula is C32H38BrN3O2. The van der Waals surface area contributed by atoms with Crippen LogP contribution in [0.5, 0.6) is 5.88 Å². The van der Waals surface area contributed by atoms with Crippen molar-refractivity contribution in [2.75, 3.05) is 20.2 Å². The van der Waals surface area contributed by atoms with Crippen molar-refractivity contribution in [1.29, 1.82) is 0 Å². The number of amides is 1. The van der Waals surface area contributed by atoms with E-state index in [4.69, 9.17) is 9.72 Å². The summed E-state index contributed by atoms with van der Waals surface area (Å²) < 4.78 is 6.97. The zero-order valence-electron chi connectivity index (χ0n) is 22.5. The van der Waals surface area contributed by atoms with Crippen LogP contribution in [0.4, 0.5) is 0 Å². The van der Waals surface area contributed by atoms with E-state index in [1.54, 1.807) is 7.11 Å². The summed E-state index contributed by atoms with van der Waals surface area (Å²) in [6.45, 7) is 3.34. The van der Waals surface area contributed by atoms with Gasteiger partial charge in [0.2, 0.25) is 11.8 Å². The maximum Gasteiger partial charge on any atom is 0.237 e. The van der Waals surface area contributed by atoms with Gasteiger partial charge < -0.3 is 15.0 Å². The molecule has 4 fully saturated rings. The summed E-state index contributed by atoms with van der Waals surface area (Å²) in [6.07, 6.45) is 8.33. The van der Waals surface area contributed by atoms with Gasteiger partial charge in [-0.05, 0) is 99.1 Å². The van der Waals surface area contributed by atoms with Gasteiger partial charge in [0.15, 0.2) is 0 Å². The summed E-state index contributed by atoms with van der Waals surface area (Å²) in [7, 11) is 1.69. The second-order valence-electron chi connectivity index (χ2n) is 11.8. The van der Waals surface area contributed by atoms with Gasteiger partial charge in [0, 0.05) is 21.0 Å². The number of carbonyl (C=O) groups is 1. The zero-order chi connectivity index (χ0) is 26.3. The molecule has 0 aliphatic heterocycles. The summed E-state index contributed by atoms with van der Waals surface area (Å²) in [5, 5.41) is 4.47. The van der Waals surface area contributed by atoms with Gasteiger partial charge in [0.1, 0.15) is 0 Å². The molecule has 0 radical (unpaired) electrons. The fourth-order valence-corrected chi connectivity index (χ4v) is 8.49. The number of pyridine rings is 1. The minimum atomic E-state index is -0.269. The predicted octanol–water partition coefficient (Wildman–Crippen LogP) is 6.89. The molecule has 4 aliphatic carbocycles. The van der Waals surface area contributed by atoms with E-state index in [2.05, 4.69) is 69.5 Å². The molecule has 1 amide bonds. The molecule has 200 valence electrons. The first-order valence-electron chi connectivity index (χ1n) is 14.2. The van der Waals surface area contributed by atoms with E-state index in [1.807, 2.05) is 18.2 Å². The number of ether oxygens (including phenoxy) is 1. The Morgan fingerprint density at radius 1 is 1.08 bits per heavy atom. The van der Waals surface area contributed by atoms with Crippen LogP contribution in [0.15, 0.2) is 59.1 Å². The van der Waals surface area contributed by atoms with Crippen molar-refractivity contribution in [3.05, 3.63) is 70.2 Å². The van der Waals surface area contributed by atoms with Crippen molar-refractivity contribution in [2.45, 2.75) is 63.5 Å². The Labute approximate surface area is 234 Å². The van der Waals surface area contributed by atoms with Gasteiger partial charge in [-0.1, -0.05) is 53.2 Å². The van der Waals surface area contributed by atoms with Gasteiger partial charge in [-0.15, -0.1) is 0 Å². The molecule has 5 nitrogen and oxygen atoms in total. The van der Waals surface area contributed by atoms with Gasteiger partial charge in [-0.2, -0.15) is 0 Å². The number of halogens is 1. The molecule has 4 aliphatic rings. The van der Waals surface area contributed by atoms with Crippen molar-refractivity contribution in [3.63, 3.8) is 0 Å². The molecule has 0 spiro atoms. The second kappa shape index (κ2) is 10.6.